The molecule has 1 fully saturated rings. The molecule has 0 radical (unpaired) electrons. The van der Waals surface area contributed by atoms with Gasteiger partial charge in [0.05, 0.1) is 18.0 Å². The summed E-state index contributed by atoms with van der Waals surface area (Å²) in [4.78, 5) is 18.1. The van der Waals surface area contributed by atoms with Gasteiger partial charge in [0, 0.05) is 13.1 Å². The molecule has 3 rings (SSSR count). The number of morpholine rings is 1. The van der Waals surface area contributed by atoms with Crippen molar-refractivity contribution < 1.29 is 19.2 Å². The third kappa shape index (κ3) is 2.87. The number of carboxylic acids is 1. The summed E-state index contributed by atoms with van der Waals surface area (Å²) in [6, 6.07) is 3.83. The lowest BCUT2D eigenvalue weighted by molar-refractivity contribution is -0.156. The SMILES string of the molecule is O=C(O)C1CN(Cc2noc(-c3cccs3)n2)CCO1. The summed E-state index contributed by atoms with van der Waals surface area (Å²) in [5, 5.41) is 14.8. The Hall–Kier alpha value is -1.77. The lowest BCUT2D eigenvalue weighted by atomic mass is 10.2. The fraction of sp³-hybridized carbons (Fsp3) is 0.417. The second-order valence-electron chi connectivity index (χ2n) is 4.43. The first kappa shape index (κ1) is 13.2. The molecule has 7 nitrogen and oxygen atoms in total. The molecule has 0 aromatic carbocycles. The summed E-state index contributed by atoms with van der Waals surface area (Å²) in [6.07, 6.45) is -0.785. The van der Waals surface area contributed by atoms with Crippen molar-refractivity contribution in [2.75, 3.05) is 19.7 Å². The van der Waals surface area contributed by atoms with E-state index in [4.69, 9.17) is 14.4 Å². The fourth-order valence-corrected chi connectivity index (χ4v) is 2.66. The van der Waals surface area contributed by atoms with Crippen molar-refractivity contribution >= 4 is 17.3 Å². The number of thiophene rings is 1. The van der Waals surface area contributed by atoms with Crippen LogP contribution in [-0.2, 0) is 16.1 Å². The Morgan fingerprint density at radius 3 is 3.25 bits per heavy atom. The predicted octanol–water partition coefficient (Wildman–Crippen LogP) is 1.08. The number of carbonyl (C=O) groups is 1. The Morgan fingerprint density at radius 1 is 1.60 bits per heavy atom. The van der Waals surface area contributed by atoms with Gasteiger partial charge in [-0.25, -0.2) is 4.79 Å². The van der Waals surface area contributed by atoms with Gasteiger partial charge >= 0.3 is 5.97 Å². The number of carboxylic acid groups (broad SMARTS) is 1. The second-order valence-corrected chi connectivity index (χ2v) is 5.37. The zero-order chi connectivity index (χ0) is 13.9. The molecule has 20 heavy (non-hydrogen) atoms. The molecule has 0 saturated carbocycles. The summed E-state index contributed by atoms with van der Waals surface area (Å²) in [5.74, 6) is 0.111. The van der Waals surface area contributed by atoms with E-state index in [1.807, 2.05) is 22.4 Å². The standard InChI is InChI=1S/C12H13N3O4S/c16-12(17)8-6-15(3-4-18-8)7-10-13-11(19-14-10)9-2-1-5-20-9/h1-2,5,8H,3-4,6-7H2,(H,16,17). The highest BCUT2D eigenvalue weighted by molar-refractivity contribution is 7.13. The number of rotatable bonds is 4. The van der Waals surface area contributed by atoms with Crippen LogP contribution < -0.4 is 0 Å². The van der Waals surface area contributed by atoms with Crippen molar-refractivity contribution in [3.63, 3.8) is 0 Å². The van der Waals surface area contributed by atoms with E-state index < -0.39 is 12.1 Å². The van der Waals surface area contributed by atoms with Crippen LogP contribution in [-0.4, -0.2) is 51.9 Å². The van der Waals surface area contributed by atoms with Crippen LogP contribution in [0.4, 0.5) is 0 Å². The number of aromatic nitrogens is 2. The van der Waals surface area contributed by atoms with Crippen LogP contribution in [0, 0.1) is 0 Å². The van der Waals surface area contributed by atoms with E-state index in [1.54, 1.807) is 0 Å². The van der Waals surface area contributed by atoms with Crippen LogP contribution in [0.5, 0.6) is 0 Å². The van der Waals surface area contributed by atoms with Crippen LogP contribution >= 0.6 is 11.3 Å². The van der Waals surface area contributed by atoms with Gasteiger partial charge in [-0.2, -0.15) is 4.98 Å². The number of hydrogen-bond acceptors (Lipinski definition) is 7. The molecule has 0 bridgehead atoms. The summed E-state index contributed by atoms with van der Waals surface area (Å²) in [5.41, 5.74) is 0. The zero-order valence-corrected chi connectivity index (χ0v) is 11.4. The van der Waals surface area contributed by atoms with E-state index in [2.05, 4.69) is 10.1 Å². The quantitative estimate of drug-likeness (QED) is 0.902. The van der Waals surface area contributed by atoms with Crippen molar-refractivity contribution in [1.82, 2.24) is 15.0 Å². The summed E-state index contributed by atoms with van der Waals surface area (Å²) < 4.78 is 10.4. The molecule has 1 aliphatic rings. The van der Waals surface area contributed by atoms with Gasteiger partial charge in [-0.15, -0.1) is 11.3 Å². The first-order valence-electron chi connectivity index (χ1n) is 6.15. The van der Waals surface area contributed by atoms with E-state index >= 15 is 0 Å². The third-order valence-electron chi connectivity index (χ3n) is 2.99. The molecule has 1 unspecified atom stereocenters. The topological polar surface area (TPSA) is 88.7 Å². The van der Waals surface area contributed by atoms with Crippen LogP contribution in [0.1, 0.15) is 5.82 Å². The Balaban J connectivity index is 1.64. The summed E-state index contributed by atoms with van der Waals surface area (Å²) >= 11 is 1.53. The van der Waals surface area contributed by atoms with E-state index in [9.17, 15) is 4.79 Å². The maximum atomic E-state index is 10.9. The molecule has 106 valence electrons. The first-order chi connectivity index (χ1) is 9.72. The Kier molecular flexibility index (Phi) is 3.77. The van der Waals surface area contributed by atoms with Gasteiger partial charge in [-0.1, -0.05) is 11.2 Å². The van der Waals surface area contributed by atoms with Gasteiger partial charge in [-0.3, -0.25) is 4.90 Å². The maximum absolute atomic E-state index is 10.9. The number of nitrogens with zero attached hydrogens (tertiary/aromatic N) is 3. The molecule has 8 heteroatoms. The van der Waals surface area contributed by atoms with Gasteiger partial charge in [0.1, 0.15) is 0 Å². The molecule has 1 saturated heterocycles. The van der Waals surface area contributed by atoms with Crippen LogP contribution in [0.3, 0.4) is 0 Å². The van der Waals surface area contributed by atoms with Gasteiger partial charge in [0.25, 0.3) is 5.89 Å². The third-order valence-corrected chi connectivity index (χ3v) is 3.85. The Labute approximate surface area is 118 Å². The molecule has 1 aliphatic heterocycles. The van der Waals surface area contributed by atoms with E-state index in [1.165, 1.54) is 11.3 Å². The van der Waals surface area contributed by atoms with Gasteiger partial charge in [-0.05, 0) is 11.4 Å². The molecule has 2 aromatic heterocycles. The number of hydrogen-bond donors (Lipinski definition) is 1. The molecule has 0 spiro atoms. The molecule has 1 N–H and O–H groups in total. The fourth-order valence-electron chi connectivity index (χ4n) is 2.01. The maximum Gasteiger partial charge on any atom is 0.334 e. The summed E-state index contributed by atoms with van der Waals surface area (Å²) in [7, 11) is 0. The highest BCUT2D eigenvalue weighted by Gasteiger charge is 2.27. The van der Waals surface area contributed by atoms with Gasteiger partial charge in [0.15, 0.2) is 11.9 Å². The monoisotopic (exact) mass is 295 g/mol. The molecule has 2 aromatic rings. The van der Waals surface area contributed by atoms with Crippen molar-refractivity contribution in [3.05, 3.63) is 23.3 Å². The largest absolute Gasteiger partial charge is 0.479 e. The van der Waals surface area contributed by atoms with Crippen molar-refractivity contribution in [1.29, 1.82) is 0 Å². The van der Waals surface area contributed by atoms with Crippen molar-refractivity contribution in [2.45, 2.75) is 12.6 Å². The van der Waals surface area contributed by atoms with Gasteiger partial charge in [0.2, 0.25) is 0 Å². The predicted molar refractivity (Wildman–Crippen MR) is 70.3 cm³/mol. The minimum Gasteiger partial charge on any atom is -0.479 e. The van der Waals surface area contributed by atoms with Crippen molar-refractivity contribution in [2.24, 2.45) is 0 Å². The minimum absolute atomic E-state index is 0.332. The molecule has 0 amide bonds. The lowest BCUT2D eigenvalue weighted by Gasteiger charge is -2.29. The minimum atomic E-state index is -0.943. The highest BCUT2D eigenvalue weighted by atomic mass is 32.1. The average molecular weight is 295 g/mol. The molecular weight excluding hydrogens is 282 g/mol. The normalized spacial score (nSPS) is 20.1. The van der Waals surface area contributed by atoms with Crippen LogP contribution in [0.25, 0.3) is 10.8 Å². The number of ether oxygens (including phenoxy) is 1. The molecule has 3 heterocycles. The summed E-state index contributed by atoms with van der Waals surface area (Å²) in [6.45, 7) is 1.85. The molecule has 0 aliphatic carbocycles. The van der Waals surface area contributed by atoms with E-state index in [-0.39, 0.29) is 0 Å². The zero-order valence-electron chi connectivity index (χ0n) is 10.6. The molecule has 1 atom stereocenters. The Bertz CT molecular complexity index is 583. The van der Waals surface area contributed by atoms with E-state index in [0.717, 1.165) is 4.88 Å². The van der Waals surface area contributed by atoms with Crippen LogP contribution in [0.15, 0.2) is 22.0 Å². The molecular formula is C12H13N3O4S. The first-order valence-corrected chi connectivity index (χ1v) is 7.03. The van der Waals surface area contributed by atoms with Crippen molar-refractivity contribution in [3.8, 4) is 10.8 Å². The number of aliphatic carboxylic acids is 1. The van der Waals surface area contributed by atoms with Crippen LogP contribution in [0.2, 0.25) is 0 Å². The smallest absolute Gasteiger partial charge is 0.334 e. The second kappa shape index (κ2) is 5.70. The van der Waals surface area contributed by atoms with E-state index in [0.29, 0.717) is 38.0 Å². The Morgan fingerprint density at radius 2 is 2.50 bits per heavy atom. The average Bonchev–Trinajstić information content (AvgIpc) is 3.09. The highest BCUT2D eigenvalue weighted by Crippen LogP contribution is 2.22. The van der Waals surface area contributed by atoms with Gasteiger partial charge < -0.3 is 14.4 Å². The lowest BCUT2D eigenvalue weighted by Crippen LogP contribution is -2.45.